The third-order valence-corrected chi connectivity index (χ3v) is 5.56. The summed E-state index contributed by atoms with van der Waals surface area (Å²) in [5, 5.41) is 10.3. The lowest BCUT2D eigenvalue weighted by molar-refractivity contribution is -0.0661. The minimum absolute atomic E-state index is 0.182. The molecule has 8 nitrogen and oxygen atoms in total. The van der Waals surface area contributed by atoms with Gasteiger partial charge in [-0.1, -0.05) is 0 Å². The molecule has 0 spiro atoms. The van der Waals surface area contributed by atoms with E-state index in [-0.39, 0.29) is 5.82 Å². The zero-order valence-electron chi connectivity index (χ0n) is 15.4. The second-order valence-corrected chi connectivity index (χ2v) is 7.58. The summed E-state index contributed by atoms with van der Waals surface area (Å²) in [6, 6.07) is 2.45. The molecule has 2 aromatic heterocycles. The highest BCUT2D eigenvalue weighted by Gasteiger charge is 2.31. The van der Waals surface area contributed by atoms with Crippen molar-refractivity contribution in [2.75, 3.05) is 49.6 Å². The summed E-state index contributed by atoms with van der Waals surface area (Å²) in [5.41, 5.74) is 1.10. The normalized spacial score (nSPS) is 21.3. The summed E-state index contributed by atoms with van der Waals surface area (Å²) in [6.07, 6.45) is 2.37. The number of aromatic nitrogens is 4. The van der Waals surface area contributed by atoms with Crippen molar-refractivity contribution in [2.24, 2.45) is 0 Å². The number of halogens is 1. The molecule has 144 valence electrons. The minimum atomic E-state index is -0.419. The van der Waals surface area contributed by atoms with Crippen molar-refractivity contribution in [1.29, 1.82) is 0 Å². The first kappa shape index (κ1) is 16.9. The van der Waals surface area contributed by atoms with Crippen LogP contribution >= 0.6 is 0 Å². The molecule has 0 atom stereocenters. The van der Waals surface area contributed by atoms with Crippen molar-refractivity contribution < 1.29 is 9.13 Å². The van der Waals surface area contributed by atoms with Gasteiger partial charge < -0.3 is 15.0 Å². The summed E-state index contributed by atoms with van der Waals surface area (Å²) >= 11 is 0. The van der Waals surface area contributed by atoms with Gasteiger partial charge in [0.1, 0.15) is 5.82 Å². The second kappa shape index (κ2) is 6.72. The van der Waals surface area contributed by atoms with Gasteiger partial charge in [0, 0.05) is 43.9 Å². The van der Waals surface area contributed by atoms with Crippen LogP contribution in [-0.2, 0) is 4.74 Å². The van der Waals surface area contributed by atoms with Crippen LogP contribution in [0.2, 0.25) is 0 Å². The van der Waals surface area contributed by atoms with Crippen LogP contribution in [0.25, 0.3) is 0 Å². The standard InChI is InChI=1S/C18H24FN7O/c1-11-20-17(22-15-8-14(23-24-15)12-2-3-12)16(19)18(21-11)26-6-4-25(5-7-26)13-9-27-10-13/h8,12-13H,2-7,9-10H2,1H3,(H2,20,21,22,23,24). The average molecular weight is 373 g/mol. The van der Waals surface area contributed by atoms with E-state index in [2.05, 4.69) is 30.4 Å². The summed E-state index contributed by atoms with van der Waals surface area (Å²) < 4.78 is 20.4. The molecule has 0 amide bonds. The molecule has 2 aliphatic heterocycles. The van der Waals surface area contributed by atoms with Crippen molar-refractivity contribution in [3.05, 3.63) is 23.4 Å². The number of piperazine rings is 1. The molecule has 4 heterocycles. The third-order valence-electron chi connectivity index (χ3n) is 5.56. The smallest absolute Gasteiger partial charge is 0.208 e. The van der Waals surface area contributed by atoms with Crippen LogP contribution in [-0.4, -0.2) is 70.5 Å². The number of hydrogen-bond acceptors (Lipinski definition) is 7. The third kappa shape index (κ3) is 3.37. The first-order chi connectivity index (χ1) is 13.2. The number of ether oxygens (including phenoxy) is 1. The van der Waals surface area contributed by atoms with E-state index in [0.29, 0.717) is 29.4 Å². The Morgan fingerprint density at radius 3 is 2.63 bits per heavy atom. The van der Waals surface area contributed by atoms with Crippen molar-refractivity contribution in [1.82, 2.24) is 25.1 Å². The number of rotatable bonds is 5. The van der Waals surface area contributed by atoms with Crippen LogP contribution in [0.5, 0.6) is 0 Å². The second-order valence-electron chi connectivity index (χ2n) is 7.58. The quantitative estimate of drug-likeness (QED) is 0.827. The number of anilines is 3. The number of nitrogens with one attached hydrogen (secondary N) is 2. The molecule has 27 heavy (non-hydrogen) atoms. The Kier molecular flexibility index (Phi) is 4.20. The van der Waals surface area contributed by atoms with Crippen LogP contribution in [0, 0.1) is 12.7 Å². The highest BCUT2D eigenvalue weighted by Crippen LogP contribution is 2.39. The van der Waals surface area contributed by atoms with Gasteiger partial charge in [0.25, 0.3) is 0 Å². The first-order valence-electron chi connectivity index (χ1n) is 9.60. The van der Waals surface area contributed by atoms with E-state index in [1.54, 1.807) is 6.92 Å². The van der Waals surface area contributed by atoms with Gasteiger partial charge in [0.15, 0.2) is 17.5 Å². The van der Waals surface area contributed by atoms with Gasteiger partial charge in [-0.15, -0.1) is 0 Å². The lowest BCUT2D eigenvalue weighted by Gasteiger charge is -2.42. The number of aromatic amines is 1. The van der Waals surface area contributed by atoms with Crippen molar-refractivity contribution in [3.63, 3.8) is 0 Å². The molecule has 1 saturated carbocycles. The van der Waals surface area contributed by atoms with Gasteiger partial charge in [-0.3, -0.25) is 10.00 Å². The molecule has 0 aromatic carbocycles. The monoisotopic (exact) mass is 373 g/mol. The summed E-state index contributed by atoms with van der Waals surface area (Å²) in [7, 11) is 0. The maximum atomic E-state index is 15.1. The van der Waals surface area contributed by atoms with Gasteiger partial charge in [0.05, 0.1) is 19.3 Å². The van der Waals surface area contributed by atoms with E-state index in [4.69, 9.17) is 4.74 Å². The molecular weight excluding hydrogens is 349 g/mol. The Labute approximate surface area is 157 Å². The van der Waals surface area contributed by atoms with E-state index in [9.17, 15) is 0 Å². The van der Waals surface area contributed by atoms with Crippen molar-refractivity contribution in [2.45, 2.75) is 31.7 Å². The molecule has 1 aliphatic carbocycles. The number of H-pyrrole nitrogens is 1. The Balaban J connectivity index is 1.32. The lowest BCUT2D eigenvalue weighted by Crippen LogP contribution is -2.56. The van der Waals surface area contributed by atoms with Gasteiger partial charge in [-0.2, -0.15) is 9.49 Å². The number of nitrogens with zero attached hydrogens (tertiary/aromatic N) is 5. The van der Waals surface area contributed by atoms with E-state index < -0.39 is 5.82 Å². The highest BCUT2D eigenvalue weighted by molar-refractivity contribution is 5.59. The fourth-order valence-corrected chi connectivity index (χ4v) is 3.69. The Bertz CT molecular complexity index is 825. The summed E-state index contributed by atoms with van der Waals surface area (Å²) in [5.74, 6) is 1.83. The van der Waals surface area contributed by atoms with Gasteiger partial charge in [-0.25, -0.2) is 9.97 Å². The predicted molar refractivity (Wildman–Crippen MR) is 99.0 cm³/mol. The van der Waals surface area contributed by atoms with Gasteiger partial charge in [-0.05, 0) is 19.8 Å². The number of hydrogen-bond donors (Lipinski definition) is 2. The molecule has 2 N–H and O–H groups in total. The van der Waals surface area contributed by atoms with E-state index in [1.807, 2.05) is 11.0 Å². The molecule has 9 heteroatoms. The topological polar surface area (TPSA) is 82.2 Å². The lowest BCUT2D eigenvalue weighted by atomic mass is 10.2. The van der Waals surface area contributed by atoms with Crippen LogP contribution in [0.15, 0.2) is 6.07 Å². The van der Waals surface area contributed by atoms with Crippen LogP contribution in [0.1, 0.15) is 30.3 Å². The first-order valence-corrected chi connectivity index (χ1v) is 9.60. The molecule has 0 unspecified atom stereocenters. The average Bonchev–Trinajstić information content (AvgIpc) is 3.37. The zero-order chi connectivity index (χ0) is 18.4. The predicted octanol–water partition coefficient (Wildman–Crippen LogP) is 1.79. The maximum Gasteiger partial charge on any atom is 0.208 e. The Morgan fingerprint density at radius 1 is 1.19 bits per heavy atom. The molecular formula is C18H24FN7O. The van der Waals surface area contributed by atoms with Crippen LogP contribution in [0.3, 0.4) is 0 Å². The summed E-state index contributed by atoms with van der Waals surface area (Å²) in [4.78, 5) is 13.0. The van der Waals surface area contributed by atoms with Crippen molar-refractivity contribution >= 4 is 17.5 Å². The fraction of sp³-hybridized carbons (Fsp3) is 0.611. The highest BCUT2D eigenvalue weighted by atomic mass is 19.1. The van der Waals surface area contributed by atoms with Crippen LogP contribution < -0.4 is 10.2 Å². The largest absolute Gasteiger partial charge is 0.378 e. The molecule has 2 saturated heterocycles. The fourth-order valence-electron chi connectivity index (χ4n) is 3.69. The van der Waals surface area contributed by atoms with E-state index in [1.165, 1.54) is 12.8 Å². The van der Waals surface area contributed by atoms with Gasteiger partial charge in [0.2, 0.25) is 5.82 Å². The summed E-state index contributed by atoms with van der Waals surface area (Å²) in [6.45, 7) is 6.68. The zero-order valence-corrected chi connectivity index (χ0v) is 15.4. The van der Waals surface area contributed by atoms with Crippen LogP contribution in [0.4, 0.5) is 21.8 Å². The Hall–Kier alpha value is -2.26. The molecule has 3 aliphatic rings. The van der Waals surface area contributed by atoms with E-state index in [0.717, 1.165) is 45.1 Å². The molecule has 2 aromatic rings. The Morgan fingerprint density at radius 2 is 1.96 bits per heavy atom. The molecule has 3 fully saturated rings. The van der Waals surface area contributed by atoms with E-state index >= 15 is 4.39 Å². The molecule has 0 bridgehead atoms. The maximum absolute atomic E-state index is 15.1. The minimum Gasteiger partial charge on any atom is -0.378 e. The molecule has 5 rings (SSSR count). The molecule has 0 radical (unpaired) electrons. The van der Waals surface area contributed by atoms with Crippen molar-refractivity contribution in [3.8, 4) is 0 Å². The van der Waals surface area contributed by atoms with Gasteiger partial charge >= 0.3 is 0 Å². The number of aryl methyl sites for hydroxylation is 1. The SMILES string of the molecule is Cc1nc(Nc2cc(C3CC3)[nH]n2)c(F)c(N2CCN(C3COC3)CC2)n1.